The minimum absolute atomic E-state index is 0.0641. The lowest BCUT2D eigenvalue weighted by molar-refractivity contribution is 0.0769. The molecule has 1 aliphatic heterocycles. The summed E-state index contributed by atoms with van der Waals surface area (Å²) in [4.78, 5) is 22.8. The molecule has 0 radical (unpaired) electrons. The van der Waals surface area contributed by atoms with Gasteiger partial charge in [0.25, 0.3) is 0 Å². The van der Waals surface area contributed by atoms with Crippen LogP contribution in [0.25, 0.3) is 11.0 Å². The van der Waals surface area contributed by atoms with Gasteiger partial charge in [-0.05, 0) is 36.1 Å². The normalized spacial score (nSPS) is 15.6. The zero-order valence-electron chi connectivity index (χ0n) is 18.0. The van der Waals surface area contributed by atoms with E-state index < -0.39 is 0 Å². The molecule has 1 fully saturated rings. The maximum atomic E-state index is 12.7. The van der Waals surface area contributed by atoms with E-state index in [2.05, 4.69) is 41.4 Å². The maximum absolute atomic E-state index is 12.7. The van der Waals surface area contributed by atoms with Crippen LogP contribution in [0.5, 0.6) is 0 Å². The van der Waals surface area contributed by atoms with Crippen molar-refractivity contribution in [3.05, 3.63) is 102 Å². The van der Waals surface area contributed by atoms with Gasteiger partial charge < -0.3 is 14.6 Å². The molecule has 1 aliphatic rings. The van der Waals surface area contributed by atoms with E-state index in [-0.39, 0.29) is 11.5 Å². The highest BCUT2D eigenvalue weighted by Gasteiger charge is 2.38. The third-order valence-electron chi connectivity index (χ3n) is 6.51. The van der Waals surface area contributed by atoms with E-state index in [1.807, 2.05) is 53.4 Å². The predicted octanol–water partition coefficient (Wildman–Crippen LogP) is 5.48. The number of piperidine rings is 1. The number of nitrogens with one attached hydrogen (secondary N) is 1. The molecule has 5 heteroatoms. The number of hydrogen-bond acceptors (Lipinski definition) is 3. The molecule has 1 N–H and O–H groups in total. The van der Waals surface area contributed by atoms with E-state index in [1.165, 1.54) is 5.56 Å². The summed E-state index contributed by atoms with van der Waals surface area (Å²) in [6.07, 6.45) is 2.32. The van der Waals surface area contributed by atoms with Crippen LogP contribution in [0, 0.1) is 0 Å². The van der Waals surface area contributed by atoms with Gasteiger partial charge in [0.1, 0.15) is 12.4 Å². The number of likely N-dealkylation sites (tertiary alicyclic amines) is 1. The highest BCUT2D eigenvalue weighted by molar-refractivity contribution is 5.74. The van der Waals surface area contributed by atoms with Gasteiger partial charge in [0.15, 0.2) is 0 Å². The van der Waals surface area contributed by atoms with Gasteiger partial charge in [-0.1, -0.05) is 72.8 Å². The molecule has 0 aliphatic carbocycles. The van der Waals surface area contributed by atoms with Crippen molar-refractivity contribution in [2.75, 3.05) is 13.1 Å². The molecule has 5 rings (SSSR count). The van der Waals surface area contributed by atoms with Crippen LogP contribution < -0.4 is 0 Å². The van der Waals surface area contributed by atoms with Crippen molar-refractivity contribution < 1.29 is 9.53 Å². The van der Waals surface area contributed by atoms with Gasteiger partial charge in [0.2, 0.25) is 0 Å². The average molecular weight is 426 g/mol. The van der Waals surface area contributed by atoms with Crippen LogP contribution >= 0.6 is 0 Å². The van der Waals surface area contributed by atoms with E-state index in [9.17, 15) is 4.79 Å². The van der Waals surface area contributed by atoms with E-state index >= 15 is 0 Å². The SMILES string of the molecule is O=C(OCc1ccccc1)N1CCC(Cc2nc3ccccc3[nH]2)(c2ccccc2)CC1. The molecule has 1 saturated heterocycles. The van der Waals surface area contributed by atoms with Gasteiger partial charge in [0, 0.05) is 24.9 Å². The summed E-state index contributed by atoms with van der Waals surface area (Å²) in [5, 5.41) is 0. The Balaban J connectivity index is 1.31. The molecule has 0 spiro atoms. The van der Waals surface area contributed by atoms with Crippen molar-refractivity contribution in [1.82, 2.24) is 14.9 Å². The standard InChI is InChI=1S/C27H27N3O2/c31-26(32-20-21-9-3-1-4-10-21)30-17-15-27(16-18-30,22-11-5-2-6-12-22)19-25-28-23-13-7-8-14-24(23)29-25/h1-14H,15-20H2,(H,28,29). The molecule has 32 heavy (non-hydrogen) atoms. The number of rotatable bonds is 5. The number of imidazole rings is 1. The first-order chi connectivity index (χ1) is 15.7. The highest BCUT2D eigenvalue weighted by Crippen LogP contribution is 2.38. The summed E-state index contributed by atoms with van der Waals surface area (Å²) in [6, 6.07) is 28.6. The van der Waals surface area contributed by atoms with Gasteiger partial charge in [-0.15, -0.1) is 0 Å². The molecule has 0 unspecified atom stereocenters. The van der Waals surface area contributed by atoms with Gasteiger partial charge >= 0.3 is 6.09 Å². The second kappa shape index (κ2) is 8.87. The number of nitrogens with zero attached hydrogens (tertiary/aromatic N) is 2. The number of fused-ring (bicyclic) bond motifs is 1. The summed E-state index contributed by atoms with van der Waals surface area (Å²) in [6.45, 7) is 1.64. The minimum Gasteiger partial charge on any atom is -0.445 e. The first-order valence-corrected chi connectivity index (χ1v) is 11.2. The van der Waals surface area contributed by atoms with Crippen molar-refractivity contribution >= 4 is 17.1 Å². The number of benzene rings is 3. The third kappa shape index (κ3) is 4.24. The Morgan fingerprint density at radius 2 is 1.56 bits per heavy atom. The summed E-state index contributed by atoms with van der Waals surface area (Å²) in [5.74, 6) is 0.996. The number of amides is 1. The van der Waals surface area contributed by atoms with Crippen LogP contribution in [0.2, 0.25) is 0 Å². The van der Waals surface area contributed by atoms with Crippen LogP contribution in [0.4, 0.5) is 4.79 Å². The monoisotopic (exact) mass is 425 g/mol. The average Bonchev–Trinajstić information content (AvgIpc) is 3.26. The molecular weight excluding hydrogens is 398 g/mol. The smallest absolute Gasteiger partial charge is 0.410 e. The van der Waals surface area contributed by atoms with Crippen LogP contribution in [0.3, 0.4) is 0 Å². The van der Waals surface area contributed by atoms with Crippen molar-refractivity contribution in [2.24, 2.45) is 0 Å². The van der Waals surface area contributed by atoms with E-state index in [4.69, 9.17) is 9.72 Å². The largest absolute Gasteiger partial charge is 0.445 e. The second-order valence-electron chi connectivity index (χ2n) is 8.55. The molecular formula is C27H27N3O2. The Labute approximate surface area is 188 Å². The summed E-state index contributed by atoms with van der Waals surface area (Å²) < 4.78 is 5.57. The van der Waals surface area contributed by atoms with Gasteiger partial charge in [0.05, 0.1) is 11.0 Å². The lowest BCUT2D eigenvalue weighted by Gasteiger charge is -2.41. The topological polar surface area (TPSA) is 58.2 Å². The number of para-hydroxylation sites is 2. The molecule has 5 nitrogen and oxygen atoms in total. The Kier molecular flexibility index (Phi) is 5.63. The highest BCUT2D eigenvalue weighted by atomic mass is 16.6. The number of carbonyl (C=O) groups excluding carboxylic acids is 1. The summed E-state index contributed by atoms with van der Waals surface area (Å²) in [7, 11) is 0. The van der Waals surface area contributed by atoms with Crippen LogP contribution in [0.1, 0.15) is 29.8 Å². The Hall–Kier alpha value is -3.60. The second-order valence-corrected chi connectivity index (χ2v) is 8.55. The fourth-order valence-electron chi connectivity index (χ4n) is 4.70. The third-order valence-corrected chi connectivity index (χ3v) is 6.51. The van der Waals surface area contributed by atoms with Crippen molar-refractivity contribution in [3.8, 4) is 0 Å². The van der Waals surface area contributed by atoms with Gasteiger partial charge in [-0.3, -0.25) is 0 Å². The summed E-state index contributed by atoms with van der Waals surface area (Å²) >= 11 is 0. The van der Waals surface area contributed by atoms with Crippen molar-refractivity contribution in [2.45, 2.75) is 31.3 Å². The van der Waals surface area contributed by atoms with Crippen LogP contribution in [-0.4, -0.2) is 34.1 Å². The Morgan fingerprint density at radius 1 is 0.906 bits per heavy atom. The lowest BCUT2D eigenvalue weighted by atomic mass is 9.70. The quantitative estimate of drug-likeness (QED) is 0.461. The number of ether oxygens (including phenoxy) is 1. The number of hydrogen-bond donors (Lipinski definition) is 1. The molecule has 4 aromatic rings. The van der Waals surface area contributed by atoms with E-state index in [1.54, 1.807) is 0 Å². The predicted molar refractivity (Wildman–Crippen MR) is 125 cm³/mol. The lowest BCUT2D eigenvalue weighted by Crippen LogP contribution is -2.46. The zero-order chi connectivity index (χ0) is 21.8. The number of aromatic amines is 1. The van der Waals surface area contributed by atoms with Crippen LogP contribution in [-0.2, 0) is 23.2 Å². The van der Waals surface area contributed by atoms with Crippen molar-refractivity contribution in [3.63, 3.8) is 0 Å². The molecule has 0 atom stereocenters. The molecule has 1 amide bonds. The fourth-order valence-corrected chi connectivity index (χ4v) is 4.70. The number of H-pyrrole nitrogens is 1. The van der Waals surface area contributed by atoms with E-state index in [0.29, 0.717) is 19.7 Å². The first-order valence-electron chi connectivity index (χ1n) is 11.2. The van der Waals surface area contributed by atoms with Crippen LogP contribution in [0.15, 0.2) is 84.9 Å². The fraction of sp³-hybridized carbons (Fsp3) is 0.259. The molecule has 0 saturated carbocycles. The number of carbonyl (C=O) groups is 1. The molecule has 2 heterocycles. The Morgan fingerprint density at radius 3 is 2.28 bits per heavy atom. The summed E-state index contributed by atoms with van der Waals surface area (Å²) in [5.41, 5.74) is 4.30. The van der Waals surface area contributed by atoms with E-state index in [0.717, 1.165) is 41.7 Å². The van der Waals surface area contributed by atoms with Crippen molar-refractivity contribution in [1.29, 1.82) is 0 Å². The van der Waals surface area contributed by atoms with Gasteiger partial charge in [-0.2, -0.15) is 0 Å². The molecule has 0 bridgehead atoms. The minimum atomic E-state index is -0.237. The Bertz CT molecular complexity index is 1150. The maximum Gasteiger partial charge on any atom is 0.410 e. The number of aromatic nitrogens is 2. The zero-order valence-corrected chi connectivity index (χ0v) is 18.0. The molecule has 1 aromatic heterocycles. The first kappa shape index (κ1) is 20.3. The van der Waals surface area contributed by atoms with Gasteiger partial charge in [-0.25, -0.2) is 9.78 Å². The molecule has 3 aromatic carbocycles. The molecule has 162 valence electrons.